The van der Waals surface area contributed by atoms with Gasteiger partial charge in [0.05, 0.1) is 24.5 Å². The number of nitrogens with two attached hydrogens (primary N) is 1. The molecule has 0 bridgehead atoms. The lowest BCUT2D eigenvalue weighted by molar-refractivity contribution is 0.0732. The summed E-state index contributed by atoms with van der Waals surface area (Å²) in [6.45, 7) is 5.76. The Morgan fingerprint density at radius 2 is 1.74 bits per heavy atom. The summed E-state index contributed by atoms with van der Waals surface area (Å²) in [7, 11) is 1.93. The topological polar surface area (TPSA) is 112 Å². The number of hydrogen-bond donors (Lipinski definition) is 2. The fourth-order valence-corrected chi connectivity index (χ4v) is 4.42. The van der Waals surface area contributed by atoms with E-state index in [1.165, 1.54) is 32.1 Å². The number of carbonyl (C=O) groups is 1. The molecule has 1 aromatic heterocycles. The van der Waals surface area contributed by atoms with E-state index in [9.17, 15) is 4.79 Å². The maximum absolute atomic E-state index is 10.6. The summed E-state index contributed by atoms with van der Waals surface area (Å²) in [4.78, 5) is 10.6. The van der Waals surface area contributed by atoms with Crippen molar-refractivity contribution in [3.05, 3.63) is 47.3 Å². The summed E-state index contributed by atoms with van der Waals surface area (Å²) in [6, 6.07) is 6.60. The molecule has 1 saturated carbocycles. The molecule has 2 aromatic rings. The number of amides is 1. The van der Waals surface area contributed by atoms with Gasteiger partial charge < -0.3 is 20.3 Å². The molecule has 190 valence electrons. The van der Waals surface area contributed by atoms with Crippen molar-refractivity contribution in [1.82, 2.24) is 15.0 Å². The molecule has 5 rings (SSSR count). The zero-order valence-corrected chi connectivity index (χ0v) is 21.0. The summed E-state index contributed by atoms with van der Waals surface area (Å²) in [5.41, 5.74) is 7.30. The Balaban J connectivity index is 0.000000178. The van der Waals surface area contributed by atoms with Gasteiger partial charge in [-0.15, -0.1) is 5.10 Å². The highest BCUT2D eigenvalue weighted by molar-refractivity contribution is 5.92. The average Bonchev–Trinajstić information content (AvgIpc) is 3.60. The molecule has 2 saturated heterocycles. The van der Waals surface area contributed by atoms with Gasteiger partial charge >= 0.3 is 0 Å². The van der Waals surface area contributed by atoms with Gasteiger partial charge in [-0.2, -0.15) is 0 Å². The number of aryl methyl sites for hydroxylation is 1. The number of nitrogens with zero attached hydrogens (tertiary/aromatic N) is 3. The third kappa shape index (κ3) is 9.52. The van der Waals surface area contributed by atoms with Crippen LogP contribution in [0.4, 0.5) is 0 Å². The van der Waals surface area contributed by atoms with E-state index in [2.05, 4.69) is 10.3 Å². The number of hydrogen-bond acceptors (Lipinski definition) is 6. The van der Waals surface area contributed by atoms with Gasteiger partial charge in [-0.05, 0) is 42.9 Å². The van der Waals surface area contributed by atoms with Gasteiger partial charge in [0.15, 0.2) is 0 Å². The van der Waals surface area contributed by atoms with Crippen molar-refractivity contribution < 1.29 is 19.4 Å². The Morgan fingerprint density at radius 1 is 1.09 bits per heavy atom. The van der Waals surface area contributed by atoms with Crippen LogP contribution in [0.25, 0.3) is 0 Å². The summed E-state index contributed by atoms with van der Waals surface area (Å²) >= 11 is 0. The zero-order valence-electron chi connectivity index (χ0n) is 21.0. The van der Waals surface area contributed by atoms with E-state index in [0.29, 0.717) is 23.3 Å². The molecule has 8 heteroatoms. The van der Waals surface area contributed by atoms with E-state index in [-0.39, 0.29) is 6.61 Å². The van der Waals surface area contributed by atoms with E-state index in [1.807, 2.05) is 27.1 Å². The van der Waals surface area contributed by atoms with Crippen molar-refractivity contribution in [2.45, 2.75) is 84.0 Å². The quantitative estimate of drug-likeness (QED) is 0.697. The molecule has 0 spiro atoms. The molecule has 1 amide bonds. The van der Waals surface area contributed by atoms with E-state index in [4.69, 9.17) is 20.3 Å². The number of carbonyl (C=O) groups excluding carboxylic acids is 1. The highest BCUT2D eigenvalue weighted by atomic mass is 16.6. The molecule has 2 atom stereocenters. The van der Waals surface area contributed by atoms with Gasteiger partial charge in [-0.1, -0.05) is 63.3 Å². The van der Waals surface area contributed by atoms with Crippen molar-refractivity contribution in [1.29, 1.82) is 0 Å². The predicted molar refractivity (Wildman–Crippen MR) is 132 cm³/mol. The van der Waals surface area contributed by atoms with E-state index in [1.54, 1.807) is 28.9 Å². The predicted octanol–water partition coefficient (Wildman–Crippen LogP) is 3.81. The average molecular weight is 475 g/mol. The van der Waals surface area contributed by atoms with Crippen LogP contribution >= 0.6 is 0 Å². The smallest absolute Gasteiger partial charge is 0.248 e. The van der Waals surface area contributed by atoms with Crippen molar-refractivity contribution in [3.63, 3.8) is 0 Å². The first kappa shape index (κ1) is 28.0. The Hall–Kier alpha value is -2.29. The van der Waals surface area contributed by atoms with Gasteiger partial charge in [0.1, 0.15) is 0 Å². The first-order valence-electron chi connectivity index (χ1n) is 12.6. The SMILES string of the molecule is C1CC2OCCC2O1.CC.Cn1cc(CC2CCCCC2)nn1.NC(=O)c1cccc(CO)c1. The lowest BCUT2D eigenvalue weighted by atomic mass is 9.86. The second-order valence-corrected chi connectivity index (χ2v) is 8.71. The second-order valence-electron chi connectivity index (χ2n) is 8.71. The summed E-state index contributed by atoms with van der Waals surface area (Å²) in [5, 5.41) is 16.8. The normalized spacial score (nSPS) is 21.2. The molecule has 1 aromatic carbocycles. The Bertz CT molecular complexity index is 816. The maximum Gasteiger partial charge on any atom is 0.248 e. The molecule has 2 aliphatic heterocycles. The van der Waals surface area contributed by atoms with Gasteiger partial charge in [0, 0.05) is 32.0 Å². The molecule has 34 heavy (non-hydrogen) atoms. The van der Waals surface area contributed by atoms with Crippen LogP contribution in [0.1, 0.15) is 80.4 Å². The highest BCUT2D eigenvalue weighted by Crippen LogP contribution is 2.26. The standard InChI is InChI=1S/C10H17N3.C8H9NO2.C6H10O2.C2H6/c1-13-8-10(11-12-13)7-9-5-3-2-4-6-9;9-8(11)7-3-1-2-6(4-7)5-10;1-3-7-6-2-4-8-5(1)6;1-2/h8-9H,2-7H2,1H3;1-4,10H,5H2,(H2,9,11);5-6H,1-4H2;1-2H3. The van der Waals surface area contributed by atoms with Crippen LogP contribution in [0, 0.1) is 5.92 Å². The second kappa shape index (κ2) is 15.6. The number of aliphatic hydroxyl groups is 1. The number of rotatable bonds is 4. The fourth-order valence-electron chi connectivity index (χ4n) is 4.42. The molecule has 2 unspecified atom stereocenters. The minimum Gasteiger partial charge on any atom is -0.392 e. The first-order valence-corrected chi connectivity index (χ1v) is 12.6. The lowest BCUT2D eigenvalue weighted by Crippen LogP contribution is -2.13. The van der Waals surface area contributed by atoms with Crippen LogP contribution < -0.4 is 5.73 Å². The zero-order chi connectivity index (χ0) is 24.8. The van der Waals surface area contributed by atoms with Gasteiger partial charge in [-0.3, -0.25) is 9.48 Å². The van der Waals surface area contributed by atoms with E-state index in [0.717, 1.165) is 44.1 Å². The first-order chi connectivity index (χ1) is 16.5. The molecule has 3 N–H and O–H groups in total. The van der Waals surface area contributed by atoms with Crippen LogP contribution in [0.2, 0.25) is 0 Å². The van der Waals surface area contributed by atoms with Crippen molar-refractivity contribution in [2.24, 2.45) is 18.7 Å². The van der Waals surface area contributed by atoms with Crippen LogP contribution in [-0.4, -0.2) is 51.4 Å². The minimum absolute atomic E-state index is 0.0683. The van der Waals surface area contributed by atoms with Crippen molar-refractivity contribution >= 4 is 5.91 Å². The minimum atomic E-state index is -0.472. The third-order valence-electron chi connectivity index (χ3n) is 6.15. The summed E-state index contributed by atoms with van der Waals surface area (Å²) < 4.78 is 12.5. The molecule has 8 nitrogen and oxygen atoms in total. The molecular weight excluding hydrogens is 432 g/mol. The Morgan fingerprint density at radius 3 is 2.26 bits per heavy atom. The number of primary amides is 1. The van der Waals surface area contributed by atoms with Crippen molar-refractivity contribution in [3.8, 4) is 0 Å². The number of aromatic nitrogens is 3. The number of aliphatic hydroxyl groups excluding tert-OH is 1. The number of ether oxygens (including phenoxy) is 2. The molecule has 3 fully saturated rings. The molecule has 1 aliphatic carbocycles. The lowest BCUT2D eigenvalue weighted by Gasteiger charge is -2.19. The molecule has 3 heterocycles. The van der Waals surface area contributed by atoms with Gasteiger partial charge in [0.25, 0.3) is 0 Å². The highest BCUT2D eigenvalue weighted by Gasteiger charge is 2.33. The van der Waals surface area contributed by atoms with Gasteiger partial charge in [0.2, 0.25) is 5.91 Å². The van der Waals surface area contributed by atoms with Crippen molar-refractivity contribution in [2.75, 3.05) is 13.2 Å². The summed E-state index contributed by atoms with van der Waals surface area (Å²) in [5.74, 6) is 0.394. The summed E-state index contributed by atoms with van der Waals surface area (Å²) in [6.07, 6.45) is 13.3. The molecular formula is C26H42N4O4. The molecule has 3 aliphatic rings. The Labute approximate surface area is 203 Å². The largest absolute Gasteiger partial charge is 0.392 e. The number of fused-ring (bicyclic) bond motifs is 1. The van der Waals surface area contributed by atoms with Crippen LogP contribution in [0.15, 0.2) is 30.5 Å². The fraction of sp³-hybridized carbons (Fsp3) is 0.654. The van der Waals surface area contributed by atoms with E-state index >= 15 is 0 Å². The third-order valence-corrected chi connectivity index (χ3v) is 6.15. The monoisotopic (exact) mass is 474 g/mol. The number of benzene rings is 1. The van der Waals surface area contributed by atoms with Crippen LogP contribution in [0.5, 0.6) is 0 Å². The molecule has 0 radical (unpaired) electrons. The van der Waals surface area contributed by atoms with Crippen LogP contribution in [-0.2, 0) is 29.5 Å². The Kier molecular flexibility index (Phi) is 12.8. The maximum atomic E-state index is 10.6. The van der Waals surface area contributed by atoms with E-state index < -0.39 is 5.91 Å². The van der Waals surface area contributed by atoms with Crippen LogP contribution in [0.3, 0.4) is 0 Å². The van der Waals surface area contributed by atoms with Gasteiger partial charge in [-0.25, -0.2) is 0 Å².